The predicted octanol–water partition coefficient (Wildman–Crippen LogP) is 1.83. The van der Waals surface area contributed by atoms with Crippen molar-refractivity contribution >= 4 is 18.5 Å². The molecular formula is C20H23BF3NO5. The molecule has 10 heteroatoms. The Bertz CT molecular complexity index is 905. The Morgan fingerprint density at radius 3 is 2.30 bits per heavy atom. The Hall–Kier alpha value is -2.22. The molecule has 1 aromatic rings. The van der Waals surface area contributed by atoms with E-state index < -0.39 is 41.9 Å². The number of rotatable bonds is 2. The smallest absolute Gasteiger partial charge is 0.406 e. The van der Waals surface area contributed by atoms with Gasteiger partial charge in [-0.3, -0.25) is 4.79 Å². The molecule has 6 nitrogen and oxygen atoms in total. The van der Waals surface area contributed by atoms with E-state index in [0.717, 1.165) is 6.07 Å². The lowest BCUT2D eigenvalue weighted by atomic mass is 9.77. The highest BCUT2D eigenvalue weighted by Gasteiger charge is 2.53. The number of likely N-dealkylation sites (tertiary alicyclic amines) is 1. The van der Waals surface area contributed by atoms with Crippen molar-refractivity contribution in [2.75, 3.05) is 13.6 Å². The number of ether oxygens (including phenoxy) is 1. The van der Waals surface area contributed by atoms with Crippen LogP contribution in [0.25, 0.3) is 0 Å². The highest BCUT2D eigenvalue weighted by molar-refractivity contribution is 6.63. The Kier molecular flexibility index (Phi) is 5.38. The van der Waals surface area contributed by atoms with Crippen LogP contribution in [0.4, 0.5) is 13.2 Å². The standard InChI is InChI=1S/C20H23BF3NO5/c1-17(2)18(3,4)30-21(29-17)14-12-13(6-7-15(14)28-20(22,23)24)8-9-19(27)10-11-25(5)16(19)26/h6-7,12,27H,10-11H2,1-5H3. The summed E-state index contributed by atoms with van der Waals surface area (Å²) >= 11 is 0. The van der Waals surface area contributed by atoms with Gasteiger partial charge >= 0.3 is 13.5 Å². The number of benzene rings is 1. The molecule has 2 aliphatic rings. The van der Waals surface area contributed by atoms with Gasteiger partial charge in [0.2, 0.25) is 5.60 Å². The summed E-state index contributed by atoms with van der Waals surface area (Å²) in [6.07, 6.45) is -4.75. The number of aliphatic hydroxyl groups is 1. The van der Waals surface area contributed by atoms with Crippen molar-refractivity contribution in [3.63, 3.8) is 0 Å². The molecule has 3 rings (SSSR count). The summed E-state index contributed by atoms with van der Waals surface area (Å²) in [5.74, 6) is 4.23. The lowest BCUT2D eigenvalue weighted by Gasteiger charge is -2.32. The van der Waals surface area contributed by atoms with E-state index in [1.54, 1.807) is 34.7 Å². The predicted molar refractivity (Wildman–Crippen MR) is 103 cm³/mol. The van der Waals surface area contributed by atoms with Crippen LogP contribution in [0.2, 0.25) is 0 Å². The van der Waals surface area contributed by atoms with Gasteiger partial charge in [0.15, 0.2) is 0 Å². The monoisotopic (exact) mass is 425 g/mol. The molecule has 0 aromatic heterocycles. The van der Waals surface area contributed by atoms with Crippen molar-refractivity contribution in [1.82, 2.24) is 4.90 Å². The van der Waals surface area contributed by atoms with Gasteiger partial charge in [-0.25, -0.2) is 0 Å². The van der Waals surface area contributed by atoms with E-state index in [4.69, 9.17) is 9.31 Å². The number of likely N-dealkylation sites (N-methyl/N-ethyl adjacent to an activating group) is 1. The average molecular weight is 425 g/mol. The normalized spacial score (nSPS) is 25.3. The molecule has 2 fully saturated rings. The maximum atomic E-state index is 12.9. The first-order chi connectivity index (χ1) is 13.6. The number of nitrogens with zero attached hydrogens (tertiary/aromatic N) is 1. The molecule has 1 aromatic carbocycles. The lowest BCUT2D eigenvalue weighted by Crippen LogP contribution is -2.41. The van der Waals surface area contributed by atoms with Gasteiger partial charge in [0.1, 0.15) is 5.75 Å². The molecular weight excluding hydrogens is 402 g/mol. The van der Waals surface area contributed by atoms with Gasteiger partial charge in [0.25, 0.3) is 5.91 Å². The largest absolute Gasteiger partial charge is 0.573 e. The van der Waals surface area contributed by atoms with Crippen molar-refractivity contribution in [2.45, 2.75) is 57.3 Å². The van der Waals surface area contributed by atoms with Gasteiger partial charge in [-0.15, -0.1) is 13.2 Å². The molecule has 2 aliphatic heterocycles. The topological polar surface area (TPSA) is 68.2 Å². The second kappa shape index (κ2) is 7.19. The highest BCUT2D eigenvalue weighted by Crippen LogP contribution is 2.37. The lowest BCUT2D eigenvalue weighted by molar-refractivity contribution is -0.274. The maximum Gasteiger partial charge on any atom is 0.573 e. The summed E-state index contributed by atoms with van der Waals surface area (Å²) < 4.78 is 54.5. The van der Waals surface area contributed by atoms with Crippen LogP contribution < -0.4 is 10.2 Å². The molecule has 0 radical (unpaired) electrons. The van der Waals surface area contributed by atoms with Crippen LogP contribution in [-0.4, -0.2) is 59.8 Å². The fraction of sp³-hybridized carbons (Fsp3) is 0.550. The van der Waals surface area contributed by atoms with Crippen LogP contribution in [0.15, 0.2) is 18.2 Å². The average Bonchev–Trinajstić information content (AvgIpc) is 2.99. The molecule has 1 unspecified atom stereocenters. The third-order valence-electron chi connectivity index (χ3n) is 5.67. The van der Waals surface area contributed by atoms with E-state index in [0.29, 0.717) is 6.54 Å². The van der Waals surface area contributed by atoms with Gasteiger partial charge in [-0.1, -0.05) is 11.8 Å². The number of hydrogen-bond acceptors (Lipinski definition) is 5. The van der Waals surface area contributed by atoms with Crippen molar-refractivity contribution in [3.8, 4) is 17.6 Å². The van der Waals surface area contributed by atoms with Crippen LogP contribution in [0.3, 0.4) is 0 Å². The summed E-state index contributed by atoms with van der Waals surface area (Å²) in [7, 11) is 0.443. The van der Waals surface area contributed by atoms with Gasteiger partial charge in [0.05, 0.1) is 11.2 Å². The van der Waals surface area contributed by atoms with E-state index in [-0.39, 0.29) is 17.4 Å². The minimum Gasteiger partial charge on any atom is -0.406 e. The van der Waals surface area contributed by atoms with Crippen LogP contribution in [-0.2, 0) is 14.1 Å². The van der Waals surface area contributed by atoms with Crippen molar-refractivity contribution in [3.05, 3.63) is 23.8 Å². The van der Waals surface area contributed by atoms with Gasteiger partial charge in [-0.05, 0) is 45.9 Å². The Balaban J connectivity index is 1.98. The second-order valence-electron chi connectivity index (χ2n) is 8.48. The molecule has 1 amide bonds. The molecule has 2 saturated heterocycles. The third kappa shape index (κ3) is 4.29. The summed E-state index contributed by atoms with van der Waals surface area (Å²) in [4.78, 5) is 13.4. The molecule has 1 atom stereocenters. The minimum atomic E-state index is -4.90. The van der Waals surface area contributed by atoms with Gasteiger partial charge in [-0.2, -0.15) is 0 Å². The summed E-state index contributed by atoms with van der Waals surface area (Å²) in [5.41, 5.74) is -3.07. The third-order valence-corrected chi connectivity index (χ3v) is 5.67. The van der Waals surface area contributed by atoms with Crippen LogP contribution in [0.5, 0.6) is 5.75 Å². The van der Waals surface area contributed by atoms with Gasteiger partial charge in [0, 0.05) is 31.0 Å². The number of hydrogen-bond donors (Lipinski definition) is 1. The summed E-state index contributed by atoms with van der Waals surface area (Å²) in [5, 5.41) is 10.4. The molecule has 2 heterocycles. The summed E-state index contributed by atoms with van der Waals surface area (Å²) in [6.45, 7) is 7.47. The second-order valence-corrected chi connectivity index (χ2v) is 8.48. The molecule has 0 bridgehead atoms. The van der Waals surface area contributed by atoms with Crippen molar-refractivity contribution in [2.24, 2.45) is 0 Å². The first kappa shape index (κ1) is 22.5. The first-order valence-electron chi connectivity index (χ1n) is 9.40. The quantitative estimate of drug-likeness (QED) is 0.579. The molecule has 0 spiro atoms. The van der Waals surface area contributed by atoms with Crippen LogP contribution in [0, 0.1) is 11.8 Å². The number of halogens is 3. The zero-order valence-electron chi connectivity index (χ0n) is 17.4. The number of carbonyl (C=O) groups is 1. The van der Waals surface area contributed by atoms with E-state index >= 15 is 0 Å². The Morgan fingerprint density at radius 2 is 1.80 bits per heavy atom. The molecule has 162 valence electrons. The number of amides is 1. The summed E-state index contributed by atoms with van der Waals surface area (Å²) in [6, 6.07) is 3.78. The minimum absolute atomic E-state index is 0.0135. The fourth-order valence-electron chi connectivity index (χ4n) is 3.14. The highest BCUT2D eigenvalue weighted by atomic mass is 19.4. The first-order valence-corrected chi connectivity index (χ1v) is 9.40. The Morgan fingerprint density at radius 1 is 1.20 bits per heavy atom. The SMILES string of the molecule is CN1CCC(O)(C#Cc2ccc(OC(F)(F)F)c(B3OC(C)(C)C(C)(C)O3)c2)C1=O. The van der Waals surface area contributed by atoms with Crippen molar-refractivity contribution < 1.29 is 37.1 Å². The van der Waals surface area contributed by atoms with E-state index in [1.807, 2.05) is 0 Å². The van der Waals surface area contributed by atoms with E-state index in [1.165, 1.54) is 17.0 Å². The maximum absolute atomic E-state index is 12.9. The van der Waals surface area contributed by atoms with E-state index in [9.17, 15) is 23.1 Å². The zero-order valence-corrected chi connectivity index (χ0v) is 17.4. The molecule has 0 saturated carbocycles. The van der Waals surface area contributed by atoms with Crippen LogP contribution in [0.1, 0.15) is 39.7 Å². The number of carbonyl (C=O) groups excluding carboxylic acids is 1. The van der Waals surface area contributed by atoms with Crippen molar-refractivity contribution in [1.29, 1.82) is 0 Å². The van der Waals surface area contributed by atoms with E-state index in [2.05, 4.69) is 16.6 Å². The Labute approximate surface area is 173 Å². The molecule has 1 N–H and O–H groups in total. The molecule has 0 aliphatic carbocycles. The number of alkyl halides is 3. The van der Waals surface area contributed by atoms with Crippen LogP contribution >= 0.6 is 0 Å². The zero-order chi connectivity index (χ0) is 22.5. The van der Waals surface area contributed by atoms with Gasteiger partial charge < -0.3 is 24.1 Å². The fourth-order valence-corrected chi connectivity index (χ4v) is 3.14. The molecule has 30 heavy (non-hydrogen) atoms.